The van der Waals surface area contributed by atoms with Gasteiger partial charge in [0.2, 0.25) is 0 Å². The highest BCUT2D eigenvalue weighted by atomic mass is 14.6. The van der Waals surface area contributed by atoms with Crippen LogP contribution in [-0.2, 0) is 6.42 Å². The summed E-state index contributed by atoms with van der Waals surface area (Å²) in [6.45, 7) is 1.98. The second-order valence-electron chi connectivity index (χ2n) is 5.11. The van der Waals surface area contributed by atoms with E-state index in [1.807, 2.05) is 25.4 Å². The average Bonchev–Trinajstić information content (AvgIpc) is 2.92. The molecule has 1 aliphatic rings. The SMILES string of the molecule is C/C=C(\C=N)c1cnccc1CCC1CCCC1. The molecule has 0 spiro atoms. The number of pyridine rings is 1. The summed E-state index contributed by atoms with van der Waals surface area (Å²) in [5, 5.41) is 7.47. The Morgan fingerprint density at radius 2 is 2.22 bits per heavy atom. The van der Waals surface area contributed by atoms with Crippen LogP contribution in [0.3, 0.4) is 0 Å². The van der Waals surface area contributed by atoms with Crippen LogP contribution >= 0.6 is 0 Å². The van der Waals surface area contributed by atoms with Gasteiger partial charge in [0.05, 0.1) is 0 Å². The van der Waals surface area contributed by atoms with Gasteiger partial charge in [-0.2, -0.15) is 0 Å². The van der Waals surface area contributed by atoms with Gasteiger partial charge in [0.15, 0.2) is 0 Å². The molecule has 0 amide bonds. The van der Waals surface area contributed by atoms with Crippen LogP contribution in [0.4, 0.5) is 0 Å². The number of rotatable bonds is 5. The highest BCUT2D eigenvalue weighted by Gasteiger charge is 2.15. The van der Waals surface area contributed by atoms with Crippen molar-refractivity contribution in [3.63, 3.8) is 0 Å². The van der Waals surface area contributed by atoms with Crippen molar-refractivity contribution in [3.05, 3.63) is 35.7 Å². The fourth-order valence-electron chi connectivity index (χ4n) is 2.88. The van der Waals surface area contributed by atoms with Crippen molar-refractivity contribution in [3.8, 4) is 0 Å². The third-order valence-corrected chi connectivity index (χ3v) is 3.99. The summed E-state index contributed by atoms with van der Waals surface area (Å²) in [5.41, 5.74) is 3.45. The van der Waals surface area contributed by atoms with Crippen LogP contribution in [0.25, 0.3) is 5.57 Å². The summed E-state index contributed by atoms with van der Waals surface area (Å²) >= 11 is 0. The standard InChI is InChI=1S/C16H22N2/c1-2-14(11-17)16-12-18-10-9-15(16)8-7-13-5-3-4-6-13/h2,9-13,17H,3-8H2,1H3/b14-2+,17-11?. The van der Waals surface area contributed by atoms with Gasteiger partial charge in [-0.25, -0.2) is 0 Å². The average molecular weight is 242 g/mol. The van der Waals surface area contributed by atoms with E-state index < -0.39 is 0 Å². The van der Waals surface area contributed by atoms with Crippen molar-refractivity contribution in [2.45, 2.75) is 45.4 Å². The van der Waals surface area contributed by atoms with E-state index in [0.717, 1.165) is 23.5 Å². The summed E-state index contributed by atoms with van der Waals surface area (Å²) < 4.78 is 0. The molecule has 0 aromatic carbocycles. The number of hydrogen-bond donors (Lipinski definition) is 1. The lowest BCUT2D eigenvalue weighted by molar-refractivity contribution is 0.503. The monoisotopic (exact) mass is 242 g/mol. The van der Waals surface area contributed by atoms with Crippen LogP contribution in [0, 0.1) is 11.3 Å². The van der Waals surface area contributed by atoms with Crippen molar-refractivity contribution in [2.24, 2.45) is 5.92 Å². The first-order valence-corrected chi connectivity index (χ1v) is 6.95. The molecule has 0 saturated heterocycles. The number of nitrogens with one attached hydrogen (secondary N) is 1. The summed E-state index contributed by atoms with van der Waals surface area (Å²) in [4.78, 5) is 4.20. The van der Waals surface area contributed by atoms with Gasteiger partial charge < -0.3 is 5.41 Å². The molecular formula is C16H22N2. The lowest BCUT2D eigenvalue weighted by Gasteiger charge is -2.12. The molecule has 1 fully saturated rings. The van der Waals surface area contributed by atoms with Gasteiger partial charge in [-0.1, -0.05) is 31.8 Å². The number of hydrogen-bond acceptors (Lipinski definition) is 2. The maximum Gasteiger partial charge on any atom is 0.0349 e. The predicted molar refractivity (Wildman–Crippen MR) is 77.0 cm³/mol. The zero-order valence-corrected chi connectivity index (χ0v) is 11.2. The predicted octanol–water partition coefficient (Wildman–Crippen LogP) is 4.26. The van der Waals surface area contributed by atoms with Gasteiger partial charge in [-0.3, -0.25) is 4.98 Å². The Kier molecular flexibility index (Phi) is 4.68. The fourth-order valence-corrected chi connectivity index (χ4v) is 2.88. The molecule has 1 N–H and O–H groups in total. The van der Waals surface area contributed by atoms with Crippen molar-refractivity contribution in [1.82, 2.24) is 4.98 Å². The summed E-state index contributed by atoms with van der Waals surface area (Å²) in [6, 6.07) is 2.11. The maximum absolute atomic E-state index is 7.47. The molecule has 1 heterocycles. The molecule has 1 saturated carbocycles. The fraction of sp³-hybridized carbons (Fsp3) is 0.500. The largest absolute Gasteiger partial charge is 0.308 e. The Labute approximate surface area is 110 Å². The molecule has 0 bridgehead atoms. The van der Waals surface area contributed by atoms with E-state index >= 15 is 0 Å². The van der Waals surface area contributed by atoms with Crippen LogP contribution in [-0.4, -0.2) is 11.2 Å². The van der Waals surface area contributed by atoms with E-state index in [9.17, 15) is 0 Å². The first-order valence-electron chi connectivity index (χ1n) is 6.95. The van der Waals surface area contributed by atoms with E-state index in [4.69, 9.17) is 5.41 Å². The molecular weight excluding hydrogens is 220 g/mol. The molecule has 18 heavy (non-hydrogen) atoms. The van der Waals surface area contributed by atoms with Crippen molar-refractivity contribution in [1.29, 1.82) is 5.41 Å². The van der Waals surface area contributed by atoms with Crippen LogP contribution in [0.1, 0.15) is 50.2 Å². The van der Waals surface area contributed by atoms with Crippen LogP contribution < -0.4 is 0 Å². The van der Waals surface area contributed by atoms with Crippen LogP contribution in [0.2, 0.25) is 0 Å². The molecule has 2 nitrogen and oxygen atoms in total. The Bertz CT molecular complexity index is 428. The van der Waals surface area contributed by atoms with Gasteiger partial charge in [0.1, 0.15) is 0 Å². The lowest BCUT2D eigenvalue weighted by atomic mass is 9.94. The van der Waals surface area contributed by atoms with Crippen molar-refractivity contribution < 1.29 is 0 Å². The number of allylic oxidation sites excluding steroid dienone is 2. The third kappa shape index (κ3) is 3.06. The Hall–Kier alpha value is -1.44. The second kappa shape index (κ2) is 6.48. The Morgan fingerprint density at radius 1 is 1.44 bits per heavy atom. The van der Waals surface area contributed by atoms with Crippen LogP contribution in [0.5, 0.6) is 0 Å². The summed E-state index contributed by atoms with van der Waals surface area (Å²) in [7, 11) is 0. The van der Waals surface area contributed by atoms with Crippen molar-refractivity contribution in [2.75, 3.05) is 0 Å². The molecule has 0 radical (unpaired) electrons. The Morgan fingerprint density at radius 3 is 2.89 bits per heavy atom. The van der Waals surface area contributed by atoms with E-state index in [1.165, 1.54) is 43.9 Å². The normalized spacial score (nSPS) is 17.1. The van der Waals surface area contributed by atoms with Gasteiger partial charge in [0, 0.05) is 24.2 Å². The second-order valence-corrected chi connectivity index (χ2v) is 5.11. The highest BCUT2D eigenvalue weighted by molar-refractivity contribution is 6.08. The zero-order chi connectivity index (χ0) is 12.8. The Balaban J connectivity index is 2.09. The van der Waals surface area contributed by atoms with Gasteiger partial charge in [0.25, 0.3) is 0 Å². The minimum absolute atomic E-state index is 0.917. The van der Waals surface area contributed by atoms with Gasteiger partial charge in [-0.15, -0.1) is 0 Å². The zero-order valence-electron chi connectivity index (χ0n) is 11.2. The number of nitrogens with zero attached hydrogens (tertiary/aromatic N) is 1. The highest BCUT2D eigenvalue weighted by Crippen LogP contribution is 2.29. The topological polar surface area (TPSA) is 36.7 Å². The van der Waals surface area contributed by atoms with Crippen molar-refractivity contribution >= 4 is 11.8 Å². The van der Waals surface area contributed by atoms with Crippen LogP contribution in [0.15, 0.2) is 24.5 Å². The third-order valence-electron chi connectivity index (χ3n) is 3.99. The molecule has 1 aliphatic carbocycles. The summed E-state index contributed by atoms with van der Waals surface area (Å²) in [6.07, 6.45) is 15.2. The molecule has 2 heteroatoms. The minimum Gasteiger partial charge on any atom is -0.308 e. The molecule has 0 atom stereocenters. The minimum atomic E-state index is 0.917. The molecule has 0 unspecified atom stereocenters. The smallest absolute Gasteiger partial charge is 0.0349 e. The lowest BCUT2D eigenvalue weighted by Crippen LogP contribution is -2.00. The molecule has 2 rings (SSSR count). The number of aryl methyl sites for hydroxylation is 1. The van der Waals surface area contributed by atoms with Gasteiger partial charge in [-0.05, 0) is 42.9 Å². The quantitative estimate of drug-likeness (QED) is 0.770. The molecule has 0 aliphatic heterocycles. The maximum atomic E-state index is 7.47. The summed E-state index contributed by atoms with van der Waals surface area (Å²) in [5.74, 6) is 0.917. The first kappa shape index (κ1) is 13.0. The molecule has 1 aromatic rings. The van der Waals surface area contributed by atoms with E-state index in [-0.39, 0.29) is 0 Å². The number of aromatic nitrogens is 1. The van der Waals surface area contributed by atoms with Gasteiger partial charge >= 0.3 is 0 Å². The first-order chi connectivity index (χ1) is 8.85. The molecule has 96 valence electrons. The van der Waals surface area contributed by atoms with E-state index in [2.05, 4.69) is 11.1 Å². The molecule has 1 aromatic heterocycles. The van der Waals surface area contributed by atoms with E-state index in [1.54, 1.807) is 0 Å². The van der Waals surface area contributed by atoms with E-state index in [0.29, 0.717) is 0 Å².